The summed E-state index contributed by atoms with van der Waals surface area (Å²) in [7, 11) is 5.67. The van der Waals surface area contributed by atoms with Crippen LogP contribution in [0, 0.1) is 6.92 Å². The van der Waals surface area contributed by atoms with Crippen molar-refractivity contribution in [2.45, 2.75) is 6.92 Å². The molecule has 2 nitrogen and oxygen atoms in total. The van der Waals surface area contributed by atoms with Gasteiger partial charge >= 0.3 is 0 Å². The number of hydrogen-bond donors (Lipinski definition) is 0. The molecule has 2 rings (SSSR count). The van der Waals surface area contributed by atoms with Crippen LogP contribution in [0.5, 0.6) is 0 Å². The Morgan fingerprint density at radius 2 is 2.27 bits per heavy atom. The molecule has 0 aliphatic heterocycles. The van der Waals surface area contributed by atoms with Gasteiger partial charge in [0.15, 0.2) is 0 Å². The Bertz CT molecular complexity index is 392. The molecule has 0 spiro atoms. The van der Waals surface area contributed by atoms with Crippen LogP contribution >= 0.6 is 0 Å². The fraction of sp³-hybridized carbons (Fsp3) is 0.125. The second kappa shape index (κ2) is 2.12. The highest BCUT2D eigenvalue weighted by atomic mass is 15.2. The van der Waals surface area contributed by atoms with E-state index in [0.29, 0.717) is 5.59 Å². The van der Waals surface area contributed by atoms with Gasteiger partial charge in [-0.25, -0.2) is 4.52 Å². The summed E-state index contributed by atoms with van der Waals surface area (Å²) >= 11 is 0. The quantitative estimate of drug-likeness (QED) is 0.487. The Labute approximate surface area is 66.3 Å². The lowest BCUT2D eigenvalue weighted by atomic mass is 10.0. The third-order valence-corrected chi connectivity index (χ3v) is 1.64. The second-order valence-corrected chi connectivity index (χ2v) is 2.57. The summed E-state index contributed by atoms with van der Waals surface area (Å²) in [6, 6.07) is 7.73. The summed E-state index contributed by atoms with van der Waals surface area (Å²) in [5, 5.41) is 4.20. The van der Waals surface area contributed by atoms with Gasteiger partial charge in [-0.15, -0.1) is 0 Å². The summed E-state index contributed by atoms with van der Waals surface area (Å²) in [4.78, 5) is 0. The Hall–Kier alpha value is -1.25. The molecule has 2 heterocycles. The molecular formula is C8H7BN2. The summed E-state index contributed by atoms with van der Waals surface area (Å²) < 4.78 is 1.73. The first-order valence-electron chi connectivity index (χ1n) is 3.48. The fourth-order valence-electron chi connectivity index (χ4n) is 1.16. The number of aryl methyl sites for hydroxylation is 1. The molecule has 0 fully saturated rings. The van der Waals surface area contributed by atoms with Crippen molar-refractivity contribution in [1.82, 2.24) is 9.61 Å². The van der Waals surface area contributed by atoms with E-state index >= 15 is 0 Å². The van der Waals surface area contributed by atoms with Crippen molar-refractivity contribution in [2.75, 3.05) is 0 Å². The van der Waals surface area contributed by atoms with E-state index < -0.39 is 0 Å². The predicted molar refractivity (Wildman–Crippen MR) is 45.3 cm³/mol. The average Bonchev–Trinajstić information content (AvgIpc) is 2.31. The van der Waals surface area contributed by atoms with Crippen molar-refractivity contribution in [3.8, 4) is 0 Å². The Morgan fingerprint density at radius 1 is 1.45 bits per heavy atom. The van der Waals surface area contributed by atoms with Crippen LogP contribution in [0.4, 0.5) is 0 Å². The van der Waals surface area contributed by atoms with E-state index in [2.05, 4.69) is 5.10 Å². The highest BCUT2D eigenvalue weighted by Crippen LogP contribution is 2.01. The van der Waals surface area contributed by atoms with Gasteiger partial charge in [0, 0.05) is 0 Å². The van der Waals surface area contributed by atoms with Crippen LogP contribution in [0.15, 0.2) is 24.3 Å². The van der Waals surface area contributed by atoms with Crippen LogP contribution in [-0.4, -0.2) is 17.5 Å². The molecule has 0 saturated heterocycles. The van der Waals surface area contributed by atoms with E-state index in [1.165, 1.54) is 0 Å². The molecule has 52 valence electrons. The SMILES string of the molecule is [B]c1cccc2cc(C)nn12. The molecule has 2 radical (unpaired) electrons. The lowest BCUT2D eigenvalue weighted by Gasteiger charge is -1.96. The molecule has 3 heteroatoms. The minimum atomic E-state index is 0.676. The molecule has 0 aliphatic carbocycles. The highest BCUT2D eigenvalue weighted by Gasteiger charge is 1.96. The first-order valence-corrected chi connectivity index (χ1v) is 3.48. The summed E-state index contributed by atoms with van der Waals surface area (Å²) in [5.74, 6) is 0. The number of pyridine rings is 1. The van der Waals surface area contributed by atoms with Crippen LogP contribution in [0.25, 0.3) is 5.52 Å². The molecule has 0 aromatic carbocycles. The zero-order valence-corrected chi connectivity index (χ0v) is 6.28. The van der Waals surface area contributed by atoms with E-state index in [1.54, 1.807) is 4.52 Å². The number of rotatable bonds is 0. The topological polar surface area (TPSA) is 17.3 Å². The van der Waals surface area contributed by atoms with Crippen molar-refractivity contribution in [3.63, 3.8) is 0 Å². The summed E-state index contributed by atoms with van der Waals surface area (Å²) in [5.41, 5.74) is 2.71. The zero-order chi connectivity index (χ0) is 7.84. The predicted octanol–water partition coefficient (Wildman–Crippen LogP) is 0.437. The summed E-state index contributed by atoms with van der Waals surface area (Å²) in [6.07, 6.45) is 0. The molecule has 0 N–H and O–H groups in total. The van der Waals surface area contributed by atoms with E-state index in [4.69, 9.17) is 7.85 Å². The monoisotopic (exact) mass is 142 g/mol. The number of hydrogen-bond acceptors (Lipinski definition) is 1. The van der Waals surface area contributed by atoms with Crippen LogP contribution in [0.2, 0.25) is 0 Å². The van der Waals surface area contributed by atoms with Crippen LogP contribution in [0.1, 0.15) is 5.69 Å². The van der Waals surface area contributed by atoms with E-state index in [-0.39, 0.29) is 0 Å². The largest absolute Gasteiger partial charge is 0.248 e. The third-order valence-electron chi connectivity index (χ3n) is 1.64. The molecule has 0 unspecified atom stereocenters. The van der Waals surface area contributed by atoms with Gasteiger partial charge in [0.2, 0.25) is 0 Å². The molecule has 0 amide bonds. The molecule has 0 atom stereocenters. The third kappa shape index (κ3) is 0.927. The van der Waals surface area contributed by atoms with Gasteiger partial charge in [0.25, 0.3) is 0 Å². The Balaban J connectivity index is 2.90. The first-order chi connectivity index (χ1) is 5.27. The van der Waals surface area contributed by atoms with E-state index in [1.807, 2.05) is 31.2 Å². The number of aromatic nitrogens is 2. The minimum absolute atomic E-state index is 0.676. The molecule has 0 aliphatic rings. The van der Waals surface area contributed by atoms with Crippen LogP contribution < -0.4 is 5.59 Å². The van der Waals surface area contributed by atoms with E-state index in [0.717, 1.165) is 11.2 Å². The van der Waals surface area contributed by atoms with Gasteiger partial charge in [-0.2, -0.15) is 5.10 Å². The molecule has 2 aromatic rings. The Kier molecular flexibility index (Phi) is 1.25. The average molecular weight is 142 g/mol. The maximum Gasteiger partial charge on any atom is 0.141 e. The molecule has 11 heavy (non-hydrogen) atoms. The van der Waals surface area contributed by atoms with Gasteiger partial charge < -0.3 is 0 Å². The zero-order valence-electron chi connectivity index (χ0n) is 6.28. The van der Waals surface area contributed by atoms with Crippen molar-refractivity contribution in [2.24, 2.45) is 0 Å². The van der Waals surface area contributed by atoms with E-state index in [9.17, 15) is 0 Å². The summed E-state index contributed by atoms with van der Waals surface area (Å²) in [6.45, 7) is 1.95. The fourth-order valence-corrected chi connectivity index (χ4v) is 1.16. The van der Waals surface area contributed by atoms with Gasteiger partial charge in [0.1, 0.15) is 7.85 Å². The van der Waals surface area contributed by atoms with Crippen molar-refractivity contribution in [3.05, 3.63) is 30.0 Å². The molecule has 0 saturated carbocycles. The minimum Gasteiger partial charge on any atom is -0.248 e. The maximum atomic E-state index is 5.67. The highest BCUT2D eigenvalue weighted by molar-refractivity contribution is 6.31. The lowest BCUT2D eigenvalue weighted by molar-refractivity contribution is 0.960. The molecule has 2 aromatic heterocycles. The van der Waals surface area contributed by atoms with Crippen molar-refractivity contribution >= 4 is 19.0 Å². The first kappa shape index (κ1) is 6.46. The van der Waals surface area contributed by atoms with Gasteiger partial charge in [-0.05, 0) is 24.6 Å². The van der Waals surface area contributed by atoms with Crippen LogP contribution in [0.3, 0.4) is 0 Å². The van der Waals surface area contributed by atoms with Gasteiger partial charge in [-0.3, -0.25) is 0 Å². The normalized spacial score (nSPS) is 10.6. The smallest absolute Gasteiger partial charge is 0.141 e. The van der Waals surface area contributed by atoms with Crippen molar-refractivity contribution < 1.29 is 0 Å². The maximum absolute atomic E-state index is 5.67. The van der Waals surface area contributed by atoms with Crippen LogP contribution in [-0.2, 0) is 0 Å². The lowest BCUT2D eigenvalue weighted by Crippen LogP contribution is -2.14. The molecule has 0 bridgehead atoms. The molecular weight excluding hydrogens is 135 g/mol. The Morgan fingerprint density at radius 3 is 3.00 bits per heavy atom. The van der Waals surface area contributed by atoms with Gasteiger partial charge in [-0.1, -0.05) is 12.1 Å². The second-order valence-electron chi connectivity index (χ2n) is 2.57. The van der Waals surface area contributed by atoms with Crippen molar-refractivity contribution in [1.29, 1.82) is 0 Å². The van der Waals surface area contributed by atoms with Gasteiger partial charge in [0.05, 0.1) is 11.2 Å². The number of fused-ring (bicyclic) bond motifs is 1. The standard InChI is InChI=1S/C8H7BN2/c1-6-5-7-3-2-4-8(9)11(7)10-6/h2-5H,1H3. The number of nitrogens with zero attached hydrogens (tertiary/aromatic N) is 2.